The van der Waals surface area contributed by atoms with Gasteiger partial charge in [0.2, 0.25) is 0 Å². The highest BCUT2D eigenvalue weighted by Gasteiger charge is 2.51. The molecular formula is C16H21NO3. The molecule has 1 aliphatic carbocycles. The van der Waals surface area contributed by atoms with Crippen LogP contribution in [0.3, 0.4) is 0 Å². The third-order valence-corrected chi connectivity index (χ3v) is 4.95. The molecule has 0 spiro atoms. The van der Waals surface area contributed by atoms with Gasteiger partial charge in [0.25, 0.3) is 0 Å². The van der Waals surface area contributed by atoms with Crippen molar-refractivity contribution in [2.24, 2.45) is 5.92 Å². The molecule has 3 fully saturated rings. The minimum absolute atomic E-state index is 0.0139. The minimum atomic E-state index is -0.755. The summed E-state index contributed by atoms with van der Waals surface area (Å²) in [6.45, 7) is 2.04. The first-order valence-corrected chi connectivity index (χ1v) is 7.33. The Kier molecular flexibility index (Phi) is 3.52. The van der Waals surface area contributed by atoms with E-state index in [1.807, 2.05) is 42.2 Å². The Bertz CT molecular complexity index is 490. The van der Waals surface area contributed by atoms with Gasteiger partial charge in [0.05, 0.1) is 6.10 Å². The zero-order valence-corrected chi connectivity index (χ0v) is 11.6. The Labute approximate surface area is 119 Å². The number of nitrogens with zero attached hydrogens (tertiary/aromatic N) is 1. The third kappa shape index (κ3) is 2.13. The van der Waals surface area contributed by atoms with Crippen molar-refractivity contribution < 1.29 is 15.0 Å². The van der Waals surface area contributed by atoms with Crippen molar-refractivity contribution in [3.8, 4) is 0 Å². The van der Waals surface area contributed by atoms with E-state index in [4.69, 9.17) is 0 Å². The number of aliphatic carboxylic acids is 1. The van der Waals surface area contributed by atoms with Gasteiger partial charge in [-0.3, -0.25) is 9.69 Å². The second kappa shape index (κ2) is 5.19. The van der Waals surface area contributed by atoms with Gasteiger partial charge < -0.3 is 10.2 Å². The molecule has 108 valence electrons. The van der Waals surface area contributed by atoms with E-state index in [1.165, 1.54) is 0 Å². The number of aliphatic hydroxyl groups is 1. The van der Waals surface area contributed by atoms with Crippen molar-refractivity contribution >= 4 is 5.97 Å². The van der Waals surface area contributed by atoms with Crippen molar-refractivity contribution in [1.82, 2.24) is 4.90 Å². The molecule has 0 aromatic heterocycles. The van der Waals surface area contributed by atoms with Crippen LogP contribution in [-0.2, 0) is 4.79 Å². The van der Waals surface area contributed by atoms with Gasteiger partial charge in [0.15, 0.2) is 0 Å². The summed E-state index contributed by atoms with van der Waals surface area (Å²) in [5.41, 5.74) is 1.11. The summed E-state index contributed by atoms with van der Waals surface area (Å²) in [6, 6.07) is 9.47. The summed E-state index contributed by atoms with van der Waals surface area (Å²) in [5, 5.41) is 19.8. The van der Waals surface area contributed by atoms with E-state index in [-0.39, 0.29) is 18.0 Å². The molecule has 4 nitrogen and oxygen atoms in total. The highest BCUT2D eigenvalue weighted by atomic mass is 16.4. The van der Waals surface area contributed by atoms with Gasteiger partial charge >= 0.3 is 5.97 Å². The van der Waals surface area contributed by atoms with E-state index in [1.54, 1.807) is 0 Å². The standard InChI is InChI=1S/C16H21NO3/c1-10(11-5-3-2-4-6-11)17-13-8-7-12(9-14(13)18)15(17)16(19)20/h2-6,10,12-15,18H,7-9H2,1H3,(H,19,20)/t10-,12-,13+,14+,15+/m1/s1. The second-order valence-corrected chi connectivity index (χ2v) is 6.02. The smallest absolute Gasteiger partial charge is 0.321 e. The van der Waals surface area contributed by atoms with Gasteiger partial charge in [-0.05, 0) is 37.7 Å². The lowest BCUT2D eigenvalue weighted by molar-refractivity contribution is -0.165. The molecule has 1 saturated carbocycles. The molecule has 2 saturated heterocycles. The van der Waals surface area contributed by atoms with Gasteiger partial charge in [-0.15, -0.1) is 0 Å². The molecule has 4 rings (SSSR count). The van der Waals surface area contributed by atoms with Crippen molar-refractivity contribution in [3.05, 3.63) is 35.9 Å². The van der Waals surface area contributed by atoms with Crippen LogP contribution < -0.4 is 0 Å². The summed E-state index contributed by atoms with van der Waals surface area (Å²) in [7, 11) is 0. The average molecular weight is 275 g/mol. The van der Waals surface area contributed by atoms with Crippen LogP contribution in [0.4, 0.5) is 0 Å². The molecule has 2 heterocycles. The molecule has 4 heteroatoms. The van der Waals surface area contributed by atoms with Crippen molar-refractivity contribution in [1.29, 1.82) is 0 Å². The molecule has 20 heavy (non-hydrogen) atoms. The topological polar surface area (TPSA) is 60.8 Å². The number of carboxylic acids is 1. The van der Waals surface area contributed by atoms with Crippen LogP contribution in [0.15, 0.2) is 30.3 Å². The third-order valence-electron chi connectivity index (χ3n) is 4.95. The molecule has 0 amide bonds. The molecule has 1 aromatic carbocycles. The largest absolute Gasteiger partial charge is 0.480 e. The van der Waals surface area contributed by atoms with Crippen molar-refractivity contribution in [2.45, 2.75) is 50.4 Å². The van der Waals surface area contributed by atoms with E-state index in [2.05, 4.69) is 0 Å². The number of carbonyl (C=O) groups is 1. The predicted molar refractivity (Wildman–Crippen MR) is 75.3 cm³/mol. The van der Waals surface area contributed by atoms with Gasteiger partial charge in [-0.1, -0.05) is 30.3 Å². The van der Waals surface area contributed by atoms with E-state index in [0.717, 1.165) is 18.4 Å². The zero-order chi connectivity index (χ0) is 14.3. The van der Waals surface area contributed by atoms with Crippen LogP contribution in [0.25, 0.3) is 0 Å². The summed E-state index contributed by atoms with van der Waals surface area (Å²) >= 11 is 0. The molecule has 2 aliphatic heterocycles. The first-order chi connectivity index (χ1) is 9.59. The molecule has 2 bridgehead atoms. The number of benzene rings is 1. The van der Waals surface area contributed by atoms with Crippen molar-refractivity contribution in [2.75, 3.05) is 0 Å². The fourth-order valence-electron chi connectivity index (χ4n) is 4.01. The number of fused-ring (bicyclic) bond motifs is 3. The predicted octanol–water partition coefficient (Wildman–Crippen LogP) is 2.05. The Hall–Kier alpha value is -1.39. The van der Waals surface area contributed by atoms with E-state index in [0.29, 0.717) is 6.42 Å². The van der Waals surface area contributed by atoms with E-state index < -0.39 is 18.1 Å². The van der Waals surface area contributed by atoms with Gasteiger partial charge in [-0.2, -0.15) is 0 Å². The Morgan fingerprint density at radius 2 is 2.00 bits per heavy atom. The first kappa shape index (κ1) is 13.6. The number of hydrogen-bond donors (Lipinski definition) is 2. The van der Waals surface area contributed by atoms with E-state index in [9.17, 15) is 15.0 Å². The highest BCUT2D eigenvalue weighted by Crippen LogP contribution is 2.44. The maximum Gasteiger partial charge on any atom is 0.321 e. The number of aliphatic hydroxyl groups excluding tert-OH is 1. The lowest BCUT2D eigenvalue weighted by Gasteiger charge is -2.54. The van der Waals surface area contributed by atoms with Crippen LogP contribution >= 0.6 is 0 Å². The zero-order valence-electron chi connectivity index (χ0n) is 11.6. The molecule has 1 aromatic rings. The normalized spacial score (nSPS) is 34.9. The average Bonchev–Trinajstić information content (AvgIpc) is 2.46. The van der Waals surface area contributed by atoms with Crippen LogP contribution in [-0.4, -0.2) is 39.3 Å². The molecule has 5 atom stereocenters. The Balaban J connectivity index is 1.94. The summed E-state index contributed by atoms with van der Waals surface area (Å²) < 4.78 is 0. The first-order valence-electron chi connectivity index (χ1n) is 7.33. The lowest BCUT2D eigenvalue weighted by Crippen LogP contribution is -2.63. The summed E-state index contributed by atoms with van der Waals surface area (Å²) in [4.78, 5) is 13.7. The Morgan fingerprint density at radius 3 is 2.60 bits per heavy atom. The number of rotatable bonds is 3. The highest BCUT2D eigenvalue weighted by molar-refractivity contribution is 5.74. The second-order valence-electron chi connectivity index (χ2n) is 6.02. The molecule has 2 N–H and O–H groups in total. The lowest BCUT2D eigenvalue weighted by atomic mass is 9.72. The van der Waals surface area contributed by atoms with Gasteiger partial charge in [-0.25, -0.2) is 0 Å². The van der Waals surface area contributed by atoms with Crippen molar-refractivity contribution in [3.63, 3.8) is 0 Å². The molecular weight excluding hydrogens is 254 g/mol. The fourth-order valence-corrected chi connectivity index (χ4v) is 4.01. The Morgan fingerprint density at radius 1 is 1.30 bits per heavy atom. The SMILES string of the molecule is C[C@H](c1ccccc1)N1[C@H](C(=O)O)[C@@H]2CC[C@H]1[C@@H](O)C2. The maximum atomic E-state index is 11.7. The molecule has 0 radical (unpaired) electrons. The van der Waals surface area contributed by atoms with Crippen LogP contribution in [0.5, 0.6) is 0 Å². The van der Waals surface area contributed by atoms with Gasteiger partial charge in [0.1, 0.15) is 6.04 Å². The van der Waals surface area contributed by atoms with E-state index >= 15 is 0 Å². The van der Waals surface area contributed by atoms with Crippen LogP contribution in [0.1, 0.15) is 37.8 Å². The molecule has 3 aliphatic rings. The van der Waals surface area contributed by atoms with Crippen LogP contribution in [0, 0.1) is 5.92 Å². The fraction of sp³-hybridized carbons (Fsp3) is 0.562. The molecule has 0 unspecified atom stereocenters. The number of hydrogen-bond acceptors (Lipinski definition) is 3. The maximum absolute atomic E-state index is 11.7. The summed E-state index contributed by atoms with van der Waals surface area (Å²) in [5.74, 6) is -0.687. The quantitative estimate of drug-likeness (QED) is 0.886. The van der Waals surface area contributed by atoms with Gasteiger partial charge in [0, 0.05) is 12.1 Å². The summed E-state index contributed by atoms with van der Waals surface area (Å²) in [6.07, 6.45) is 2.04. The minimum Gasteiger partial charge on any atom is -0.480 e. The number of carboxylic acid groups (broad SMARTS) is 1. The van der Waals surface area contributed by atoms with Crippen LogP contribution in [0.2, 0.25) is 0 Å². The number of piperidine rings is 2. The monoisotopic (exact) mass is 275 g/mol.